The zero-order valence-corrected chi connectivity index (χ0v) is 13.0. The molecule has 2 amide bonds. The maximum atomic E-state index is 11.8. The van der Waals surface area contributed by atoms with Crippen molar-refractivity contribution in [3.05, 3.63) is 53.5 Å². The Morgan fingerprint density at radius 2 is 1.83 bits per heavy atom. The Labute approximate surface area is 134 Å². The Hall–Kier alpha value is -2.80. The molecule has 0 aliphatic heterocycles. The Morgan fingerprint density at radius 1 is 1.09 bits per heavy atom. The van der Waals surface area contributed by atoms with Gasteiger partial charge in [0.25, 0.3) is 5.91 Å². The molecule has 7 heteroatoms. The van der Waals surface area contributed by atoms with E-state index in [1.54, 1.807) is 6.07 Å². The summed E-state index contributed by atoms with van der Waals surface area (Å²) in [7, 11) is 1.53. The van der Waals surface area contributed by atoms with Gasteiger partial charge in [-0.1, -0.05) is 17.7 Å². The number of furan rings is 1. The minimum absolute atomic E-state index is 0.0381. The third-order valence-electron chi connectivity index (χ3n) is 2.99. The molecule has 0 saturated carbocycles. The van der Waals surface area contributed by atoms with Crippen LogP contribution in [0.4, 0.5) is 5.69 Å². The quantitative estimate of drug-likeness (QED) is 0.704. The van der Waals surface area contributed by atoms with Gasteiger partial charge in [0.1, 0.15) is 12.4 Å². The zero-order chi connectivity index (χ0) is 16.7. The normalized spacial score (nSPS) is 10.2. The van der Waals surface area contributed by atoms with Gasteiger partial charge in [-0.3, -0.25) is 20.4 Å². The highest BCUT2D eigenvalue weighted by molar-refractivity contribution is 5.93. The number of hydrogen-bond donors (Lipinski definition) is 3. The fraction of sp³-hybridized carbons (Fsp3) is 0.250. The molecule has 1 aromatic heterocycles. The van der Waals surface area contributed by atoms with Gasteiger partial charge in [-0.2, -0.15) is 0 Å². The predicted octanol–water partition coefficient (Wildman–Crippen LogP) is 1.61. The van der Waals surface area contributed by atoms with Crippen molar-refractivity contribution in [1.82, 2.24) is 10.9 Å². The average Bonchev–Trinajstić information content (AvgIpc) is 3.01. The molecule has 0 aliphatic carbocycles. The van der Waals surface area contributed by atoms with E-state index in [4.69, 9.17) is 9.15 Å². The average molecular weight is 317 g/mol. The van der Waals surface area contributed by atoms with E-state index in [1.807, 2.05) is 31.2 Å². The second-order valence-electron chi connectivity index (χ2n) is 4.92. The van der Waals surface area contributed by atoms with Crippen molar-refractivity contribution in [2.75, 3.05) is 19.0 Å². The van der Waals surface area contributed by atoms with E-state index in [1.165, 1.54) is 13.2 Å². The van der Waals surface area contributed by atoms with Crippen LogP contribution in [0.25, 0.3) is 0 Å². The van der Waals surface area contributed by atoms with Crippen LogP contribution in [0.5, 0.6) is 0 Å². The molecule has 0 atom stereocenters. The van der Waals surface area contributed by atoms with Crippen LogP contribution in [0.3, 0.4) is 0 Å². The molecule has 122 valence electrons. The van der Waals surface area contributed by atoms with Crippen LogP contribution in [-0.4, -0.2) is 25.5 Å². The van der Waals surface area contributed by atoms with Gasteiger partial charge in [-0.05, 0) is 31.2 Å². The van der Waals surface area contributed by atoms with Crippen LogP contribution in [0, 0.1) is 6.92 Å². The van der Waals surface area contributed by atoms with E-state index < -0.39 is 5.91 Å². The molecule has 3 N–H and O–H groups in total. The third kappa shape index (κ3) is 5.15. The number of benzene rings is 1. The first-order valence-electron chi connectivity index (χ1n) is 7.06. The van der Waals surface area contributed by atoms with Crippen molar-refractivity contribution in [3.63, 3.8) is 0 Å². The van der Waals surface area contributed by atoms with Gasteiger partial charge in [0.2, 0.25) is 0 Å². The molecular weight excluding hydrogens is 298 g/mol. The topological polar surface area (TPSA) is 92.6 Å². The number of hydrazine groups is 1. The highest BCUT2D eigenvalue weighted by Gasteiger charge is 2.12. The Balaban J connectivity index is 1.74. The molecule has 2 aromatic rings. The van der Waals surface area contributed by atoms with Crippen molar-refractivity contribution in [1.29, 1.82) is 0 Å². The Morgan fingerprint density at radius 3 is 2.52 bits per heavy atom. The lowest BCUT2D eigenvalue weighted by Crippen LogP contribution is -2.44. The molecule has 1 aromatic carbocycles. The predicted molar refractivity (Wildman–Crippen MR) is 84.7 cm³/mol. The van der Waals surface area contributed by atoms with Crippen molar-refractivity contribution in [2.24, 2.45) is 0 Å². The van der Waals surface area contributed by atoms with Gasteiger partial charge in [-0.15, -0.1) is 0 Å². The second kappa shape index (κ2) is 8.00. The minimum atomic E-state index is -0.531. The molecule has 2 rings (SSSR count). The molecule has 0 aliphatic rings. The summed E-state index contributed by atoms with van der Waals surface area (Å²) in [4.78, 5) is 23.5. The van der Waals surface area contributed by atoms with E-state index in [2.05, 4.69) is 16.2 Å². The molecule has 1 heterocycles. The summed E-state index contributed by atoms with van der Waals surface area (Å²) >= 11 is 0. The van der Waals surface area contributed by atoms with Crippen LogP contribution in [0.15, 0.2) is 40.8 Å². The van der Waals surface area contributed by atoms with Gasteiger partial charge in [0.05, 0.1) is 6.54 Å². The fourth-order valence-electron chi connectivity index (χ4n) is 1.81. The monoisotopic (exact) mass is 317 g/mol. The number of anilines is 1. The fourth-order valence-corrected chi connectivity index (χ4v) is 1.81. The first kappa shape index (κ1) is 16.6. The first-order chi connectivity index (χ1) is 11.1. The van der Waals surface area contributed by atoms with Gasteiger partial charge in [0, 0.05) is 12.8 Å². The van der Waals surface area contributed by atoms with Crippen molar-refractivity contribution < 1.29 is 18.7 Å². The highest BCUT2D eigenvalue weighted by atomic mass is 16.5. The lowest BCUT2D eigenvalue weighted by molar-refractivity contribution is -0.120. The highest BCUT2D eigenvalue weighted by Crippen LogP contribution is 2.09. The lowest BCUT2D eigenvalue weighted by atomic mass is 10.2. The van der Waals surface area contributed by atoms with E-state index >= 15 is 0 Å². The minimum Gasteiger partial charge on any atom is -0.453 e. The zero-order valence-electron chi connectivity index (χ0n) is 13.0. The number of amides is 2. The lowest BCUT2D eigenvalue weighted by Gasteiger charge is -2.08. The van der Waals surface area contributed by atoms with E-state index in [0.717, 1.165) is 11.3 Å². The maximum Gasteiger partial charge on any atom is 0.305 e. The largest absolute Gasteiger partial charge is 0.453 e. The molecule has 7 nitrogen and oxygen atoms in total. The summed E-state index contributed by atoms with van der Waals surface area (Å²) in [5.74, 6) is -0.271. The maximum absolute atomic E-state index is 11.8. The number of hydrogen-bond acceptors (Lipinski definition) is 5. The number of carbonyl (C=O) groups is 2. The summed E-state index contributed by atoms with van der Waals surface area (Å²) in [5, 5.41) is 2.95. The van der Waals surface area contributed by atoms with Gasteiger partial charge >= 0.3 is 5.91 Å². The van der Waals surface area contributed by atoms with Crippen LogP contribution < -0.4 is 16.2 Å². The summed E-state index contributed by atoms with van der Waals surface area (Å²) < 4.78 is 10.2. The van der Waals surface area contributed by atoms with E-state index in [0.29, 0.717) is 5.76 Å². The van der Waals surface area contributed by atoms with E-state index in [-0.39, 0.29) is 24.8 Å². The number of aryl methyl sites for hydroxylation is 1. The van der Waals surface area contributed by atoms with Crippen molar-refractivity contribution >= 4 is 17.5 Å². The smallest absolute Gasteiger partial charge is 0.305 e. The number of rotatable bonds is 6. The number of nitrogens with one attached hydrogen (secondary N) is 3. The Bertz CT molecular complexity index is 664. The molecule has 0 unspecified atom stereocenters. The van der Waals surface area contributed by atoms with E-state index in [9.17, 15) is 9.59 Å². The molecule has 0 bridgehead atoms. The SMILES string of the molecule is COCc1ccc(C(=O)NNC(=O)CNc2ccc(C)cc2)o1. The summed E-state index contributed by atoms with van der Waals surface area (Å²) in [6.45, 7) is 2.30. The molecule has 0 fully saturated rings. The standard InChI is InChI=1S/C16H19N3O4/c1-11-3-5-12(6-4-11)17-9-15(20)18-19-16(21)14-8-7-13(23-14)10-22-2/h3-8,17H,9-10H2,1-2H3,(H,18,20)(H,19,21). The number of ether oxygens (including phenoxy) is 1. The molecule has 23 heavy (non-hydrogen) atoms. The van der Waals surface area contributed by atoms with Gasteiger partial charge < -0.3 is 14.5 Å². The van der Waals surface area contributed by atoms with Gasteiger partial charge in [0.15, 0.2) is 5.76 Å². The molecule has 0 saturated heterocycles. The van der Waals surface area contributed by atoms with Gasteiger partial charge in [-0.25, -0.2) is 0 Å². The van der Waals surface area contributed by atoms with Crippen LogP contribution in [0.1, 0.15) is 21.9 Å². The third-order valence-corrected chi connectivity index (χ3v) is 2.99. The molecule has 0 radical (unpaired) electrons. The van der Waals surface area contributed by atoms with Crippen LogP contribution in [-0.2, 0) is 16.1 Å². The summed E-state index contributed by atoms with van der Waals surface area (Å²) in [6, 6.07) is 10.8. The van der Waals surface area contributed by atoms with Crippen LogP contribution in [0.2, 0.25) is 0 Å². The van der Waals surface area contributed by atoms with Crippen molar-refractivity contribution in [2.45, 2.75) is 13.5 Å². The van der Waals surface area contributed by atoms with Crippen molar-refractivity contribution in [3.8, 4) is 0 Å². The number of carbonyl (C=O) groups excluding carboxylic acids is 2. The first-order valence-corrected chi connectivity index (χ1v) is 7.06. The second-order valence-corrected chi connectivity index (χ2v) is 4.92. The summed E-state index contributed by atoms with van der Waals surface area (Å²) in [5.41, 5.74) is 6.56. The summed E-state index contributed by atoms with van der Waals surface area (Å²) in [6.07, 6.45) is 0. The molecule has 0 spiro atoms. The number of methoxy groups -OCH3 is 1. The molecular formula is C16H19N3O4. The van der Waals surface area contributed by atoms with Crippen LogP contribution >= 0.6 is 0 Å². The Kier molecular flexibility index (Phi) is 5.76.